The summed E-state index contributed by atoms with van der Waals surface area (Å²) >= 11 is 1.57. The SMILES string of the molecule is Cc1ccc(C(C)NC(=O)c2cn(Cc3ccccc3)nc2-c2cccs2)o1. The van der Waals surface area contributed by atoms with Gasteiger partial charge in [0.05, 0.1) is 23.0 Å². The molecule has 4 rings (SSSR count). The predicted octanol–water partition coefficient (Wildman–Crippen LogP) is 5.05. The van der Waals surface area contributed by atoms with Gasteiger partial charge in [0.2, 0.25) is 0 Å². The number of thiophene rings is 1. The molecule has 6 heteroatoms. The number of carbonyl (C=O) groups is 1. The predicted molar refractivity (Wildman–Crippen MR) is 110 cm³/mol. The van der Waals surface area contributed by atoms with Crippen LogP contribution in [0.25, 0.3) is 10.6 Å². The molecular formula is C22H21N3O2S. The Morgan fingerprint density at radius 1 is 1.18 bits per heavy atom. The van der Waals surface area contributed by atoms with E-state index in [1.54, 1.807) is 11.3 Å². The second-order valence-corrected chi connectivity index (χ2v) is 7.64. The molecule has 0 saturated heterocycles. The Morgan fingerprint density at radius 3 is 2.68 bits per heavy atom. The minimum absolute atomic E-state index is 0.163. The van der Waals surface area contributed by atoms with Crippen molar-refractivity contribution in [2.75, 3.05) is 0 Å². The van der Waals surface area contributed by atoms with Crippen molar-refractivity contribution in [3.63, 3.8) is 0 Å². The van der Waals surface area contributed by atoms with Crippen LogP contribution in [0.15, 0.2) is 70.6 Å². The zero-order valence-electron chi connectivity index (χ0n) is 15.8. The molecule has 142 valence electrons. The molecule has 5 nitrogen and oxygen atoms in total. The number of hydrogen-bond acceptors (Lipinski definition) is 4. The van der Waals surface area contributed by atoms with Crippen molar-refractivity contribution >= 4 is 17.2 Å². The molecule has 0 fully saturated rings. The molecule has 0 spiro atoms. The van der Waals surface area contributed by atoms with Crippen molar-refractivity contribution in [1.82, 2.24) is 15.1 Å². The van der Waals surface area contributed by atoms with E-state index in [2.05, 4.69) is 5.32 Å². The monoisotopic (exact) mass is 391 g/mol. The first-order chi connectivity index (χ1) is 13.6. The van der Waals surface area contributed by atoms with Gasteiger partial charge in [0, 0.05) is 6.20 Å². The van der Waals surface area contributed by atoms with Crippen LogP contribution >= 0.6 is 11.3 Å². The van der Waals surface area contributed by atoms with Gasteiger partial charge in [0.15, 0.2) is 0 Å². The van der Waals surface area contributed by atoms with Crippen molar-refractivity contribution in [1.29, 1.82) is 0 Å². The molecule has 1 unspecified atom stereocenters. The Labute approximate surface area is 167 Å². The Kier molecular flexibility index (Phi) is 5.12. The van der Waals surface area contributed by atoms with Gasteiger partial charge in [-0.1, -0.05) is 36.4 Å². The molecule has 1 N–H and O–H groups in total. The minimum Gasteiger partial charge on any atom is -0.464 e. The van der Waals surface area contributed by atoms with Crippen LogP contribution < -0.4 is 5.32 Å². The smallest absolute Gasteiger partial charge is 0.255 e. The zero-order chi connectivity index (χ0) is 19.5. The molecule has 28 heavy (non-hydrogen) atoms. The first-order valence-corrected chi connectivity index (χ1v) is 10.0. The van der Waals surface area contributed by atoms with Crippen molar-refractivity contribution in [3.8, 4) is 10.6 Å². The molecule has 0 aliphatic heterocycles. The summed E-state index contributed by atoms with van der Waals surface area (Å²) in [7, 11) is 0. The van der Waals surface area contributed by atoms with Gasteiger partial charge < -0.3 is 9.73 Å². The number of hydrogen-bond donors (Lipinski definition) is 1. The maximum absolute atomic E-state index is 13.0. The Morgan fingerprint density at radius 2 is 2.00 bits per heavy atom. The van der Waals surface area contributed by atoms with E-state index in [1.807, 2.05) is 84.7 Å². The topological polar surface area (TPSA) is 60.1 Å². The number of nitrogens with one attached hydrogen (secondary N) is 1. The van der Waals surface area contributed by atoms with E-state index in [4.69, 9.17) is 9.52 Å². The first kappa shape index (κ1) is 18.3. The normalized spacial score (nSPS) is 12.1. The summed E-state index contributed by atoms with van der Waals surface area (Å²) in [5, 5.41) is 9.71. The molecular weight excluding hydrogens is 370 g/mol. The largest absolute Gasteiger partial charge is 0.464 e. The average Bonchev–Trinajstić information content (AvgIpc) is 3.42. The van der Waals surface area contributed by atoms with Gasteiger partial charge in [0.1, 0.15) is 17.2 Å². The van der Waals surface area contributed by atoms with Crippen LogP contribution in [0.2, 0.25) is 0 Å². The number of furan rings is 1. The molecule has 0 radical (unpaired) electrons. The Hall–Kier alpha value is -3.12. The van der Waals surface area contributed by atoms with Gasteiger partial charge >= 0.3 is 0 Å². The molecule has 3 aromatic heterocycles. The van der Waals surface area contributed by atoms with Crippen LogP contribution in [0.5, 0.6) is 0 Å². The first-order valence-electron chi connectivity index (χ1n) is 9.12. The Bertz CT molecular complexity index is 1060. The summed E-state index contributed by atoms with van der Waals surface area (Å²) in [6.07, 6.45) is 1.82. The molecule has 4 aromatic rings. The summed E-state index contributed by atoms with van der Waals surface area (Å²) in [6.45, 7) is 4.41. The van der Waals surface area contributed by atoms with Crippen molar-refractivity contribution < 1.29 is 9.21 Å². The van der Waals surface area contributed by atoms with Crippen LogP contribution in [0.4, 0.5) is 0 Å². The number of nitrogens with zero attached hydrogens (tertiary/aromatic N) is 2. The minimum atomic E-state index is -0.227. The quantitative estimate of drug-likeness (QED) is 0.500. The van der Waals surface area contributed by atoms with Crippen molar-refractivity contribution in [2.24, 2.45) is 0 Å². The molecule has 1 amide bonds. The maximum atomic E-state index is 13.0. The zero-order valence-corrected chi connectivity index (χ0v) is 16.6. The van der Waals surface area contributed by atoms with Crippen LogP contribution in [0, 0.1) is 6.92 Å². The lowest BCUT2D eigenvalue weighted by molar-refractivity contribution is 0.0935. The van der Waals surface area contributed by atoms with Crippen molar-refractivity contribution in [2.45, 2.75) is 26.4 Å². The maximum Gasteiger partial charge on any atom is 0.255 e. The molecule has 0 aliphatic carbocycles. The van der Waals surface area contributed by atoms with E-state index in [1.165, 1.54) is 0 Å². The highest BCUT2D eigenvalue weighted by Crippen LogP contribution is 2.27. The number of rotatable bonds is 6. The third-order valence-electron chi connectivity index (χ3n) is 4.48. The van der Waals surface area contributed by atoms with Gasteiger partial charge in [-0.3, -0.25) is 9.48 Å². The number of carbonyl (C=O) groups excluding carboxylic acids is 1. The molecule has 0 saturated carbocycles. The van der Waals surface area contributed by atoms with E-state index in [-0.39, 0.29) is 11.9 Å². The number of amides is 1. The lowest BCUT2D eigenvalue weighted by atomic mass is 10.2. The van der Waals surface area contributed by atoms with E-state index in [0.717, 1.165) is 22.0 Å². The molecule has 0 bridgehead atoms. The summed E-state index contributed by atoms with van der Waals surface area (Å²) in [6, 6.07) is 17.6. The van der Waals surface area contributed by atoms with Gasteiger partial charge in [-0.05, 0) is 43.0 Å². The van der Waals surface area contributed by atoms with Gasteiger partial charge in [-0.15, -0.1) is 11.3 Å². The summed E-state index contributed by atoms with van der Waals surface area (Å²) in [5.74, 6) is 1.40. The van der Waals surface area contributed by atoms with E-state index < -0.39 is 0 Å². The van der Waals surface area contributed by atoms with Crippen LogP contribution in [0.3, 0.4) is 0 Å². The number of aryl methyl sites for hydroxylation is 1. The van der Waals surface area contributed by atoms with Gasteiger partial charge in [-0.25, -0.2) is 0 Å². The lowest BCUT2D eigenvalue weighted by Crippen LogP contribution is -2.26. The number of benzene rings is 1. The van der Waals surface area contributed by atoms with E-state index in [9.17, 15) is 4.79 Å². The highest BCUT2D eigenvalue weighted by atomic mass is 32.1. The average molecular weight is 391 g/mol. The van der Waals surface area contributed by atoms with Crippen LogP contribution in [0.1, 0.15) is 40.4 Å². The van der Waals surface area contributed by atoms with Gasteiger partial charge in [0.25, 0.3) is 5.91 Å². The molecule has 1 aromatic carbocycles. The third-order valence-corrected chi connectivity index (χ3v) is 5.36. The summed E-state index contributed by atoms with van der Waals surface area (Å²) in [4.78, 5) is 14.0. The van der Waals surface area contributed by atoms with E-state index in [0.29, 0.717) is 17.8 Å². The van der Waals surface area contributed by atoms with Crippen molar-refractivity contribution in [3.05, 3.63) is 88.8 Å². The number of aromatic nitrogens is 2. The molecule has 1 atom stereocenters. The second-order valence-electron chi connectivity index (χ2n) is 6.70. The summed E-state index contributed by atoms with van der Waals surface area (Å²) in [5.41, 5.74) is 2.40. The van der Waals surface area contributed by atoms with E-state index >= 15 is 0 Å². The van der Waals surface area contributed by atoms with Crippen LogP contribution in [-0.4, -0.2) is 15.7 Å². The van der Waals surface area contributed by atoms with Crippen LogP contribution in [-0.2, 0) is 6.54 Å². The second kappa shape index (κ2) is 7.86. The fraction of sp³-hybridized carbons (Fsp3) is 0.182. The standard InChI is InChI=1S/C22H21N3O2S/c1-15-10-11-19(27-15)16(2)23-22(26)18-14-25(13-17-7-4-3-5-8-17)24-21(18)20-9-6-12-28-20/h3-12,14,16H,13H2,1-2H3,(H,23,26). The molecule has 3 heterocycles. The molecule has 0 aliphatic rings. The highest BCUT2D eigenvalue weighted by molar-refractivity contribution is 7.13. The lowest BCUT2D eigenvalue weighted by Gasteiger charge is -2.11. The summed E-state index contributed by atoms with van der Waals surface area (Å²) < 4.78 is 7.46. The Balaban J connectivity index is 1.61. The third kappa shape index (κ3) is 3.92. The van der Waals surface area contributed by atoms with Gasteiger partial charge in [-0.2, -0.15) is 5.10 Å². The fourth-order valence-electron chi connectivity index (χ4n) is 3.07. The highest BCUT2D eigenvalue weighted by Gasteiger charge is 2.21. The fourth-order valence-corrected chi connectivity index (χ4v) is 3.79.